The standard InChI is InChI=1S/C17H19N3O2/c1-12-4-3-5-16(19-12)11-18-17(22)10-14-6-8-15(9-7-14)20-13(2)21/h3-9H,10-11H2,1-2H3,(H,18,22)(H,20,21). The number of amides is 2. The molecule has 2 rings (SSSR count). The number of benzene rings is 1. The van der Waals surface area contributed by atoms with Crippen LogP contribution in [0, 0.1) is 6.92 Å². The van der Waals surface area contributed by atoms with Crippen molar-refractivity contribution in [3.05, 3.63) is 59.4 Å². The molecule has 0 aliphatic rings. The Morgan fingerprint density at radius 1 is 1.09 bits per heavy atom. The van der Waals surface area contributed by atoms with E-state index in [2.05, 4.69) is 15.6 Å². The van der Waals surface area contributed by atoms with Crippen molar-refractivity contribution in [1.29, 1.82) is 0 Å². The first kappa shape index (κ1) is 15.7. The Morgan fingerprint density at radius 2 is 1.82 bits per heavy atom. The summed E-state index contributed by atoms with van der Waals surface area (Å²) < 4.78 is 0. The number of aromatic nitrogens is 1. The molecule has 0 bridgehead atoms. The van der Waals surface area contributed by atoms with E-state index in [0.29, 0.717) is 13.0 Å². The van der Waals surface area contributed by atoms with Gasteiger partial charge in [-0.2, -0.15) is 0 Å². The van der Waals surface area contributed by atoms with Crippen LogP contribution in [0.1, 0.15) is 23.9 Å². The van der Waals surface area contributed by atoms with Crippen LogP contribution in [0.15, 0.2) is 42.5 Å². The van der Waals surface area contributed by atoms with Gasteiger partial charge in [0, 0.05) is 18.3 Å². The first-order valence-electron chi connectivity index (χ1n) is 7.09. The van der Waals surface area contributed by atoms with Crippen LogP contribution in [0.25, 0.3) is 0 Å². The summed E-state index contributed by atoms with van der Waals surface area (Å²) in [6.07, 6.45) is 0.298. The molecule has 1 aromatic heterocycles. The number of hydrogen-bond acceptors (Lipinski definition) is 3. The monoisotopic (exact) mass is 297 g/mol. The van der Waals surface area contributed by atoms with Gasteiger partial charge in [-0.15, -0.1) is 0 Å². The van der Waals surface area contributed by atoms with E-state index in [1.165, 1.54) is 6.92 Å². The van der Waals surface area contributed by atoms with Crippen molar-refractivity contribution in [3.63, 3.8) is 0 Å². The maximum absolute atomic E-state index is 11.9. The predicted molar refractivity (Wildman–Crippen MR) is 85.3 cm³/mol. The van der Waals surface area contributed by atoms with Crippen molar-refractivity contribution in [2.24, 2.45) is 0 Å². The molecule has 0 fully saturated rings. The Kier molecular flexibility index (Phi) is 5.25. The fourth-order valence-electron chi connectivity index (χ4n) is 2.04. The van der Waals surface area contributed by atoms with Gasteiger partial charge in [0.2, 0.25) is 11.8 Å². The molecule has 1 aromatic carbocycles. The molecule has 2 amide bonds. The van der Waals surface area contributed by atoms with Crippen LogP contribution >= 0.6 is 0 Å². The molecule has 0 saturated heterocycles. The van der Waals surface area contributed by atoms with Crippen LogP contribution < -0.4 is 10.6 Å². The molecule has 0 aliphatic heterocycles. The molecule has 0 aliphatic carbocycles. The van der Waals surface area contributed by atoms with Gasteiger partial charge >= 0.3 is 0 Å². The Labute approximate surface area is 129 Å². The second kappa shape index (κ2) is 7.36. The largest absolute Gasteiger partial charge is 0.350 e. The van der Waals surface area contributed by atoms with Crippen molar-refractivity contribution in [2.45, 2.75) is 26.8 Å². The van der Waals surface area contributed by atoms with Crippen molar-refractivity contribution in [3.8, 4) is 0 Å². The molecule has 0 saturated carbocycles. The second-order valence-corrected chi connectivity index (χ2v) is 5.10. The third-order valence-corrected chi connectivity index (χ3v) is 3.05. The molecule has 0 radical (unpaired) electrons. The summed E-state index contributed by atoms with van der Waals surface area (Å²) in [6.45, 7) is 3.80. The van der Waals surface area contributed by atoms with E-state index >= 15 is 0 Å². The molecule has 2 N–H and O–H groups in total. The van der Waals surface area contributed by atoms with Gasteiger partial charge in [0.15, 0.2) is 0 Å². The molecule has 22 heavy (non-hydrogen) atoms. The van der Waals surface area contributed by atoms with Crippen molar-refractivity contribution in [2.75, 3.05) is 5.32 Å². The number of aryl methyl sites for hydroxylation is 1. The number of hydrogen-bond donors (Lipinski definition) is 2. The van der Waals surface area contributed by atoms with E-state index in [1.54, 1.807) is 12.1 Å². The smallest absolute Gasteiger partial charge is 0.224 e. The SMILES string of the molecule is CC(=O)Nc1ccc(CC(=O)NCc2cccc(C)n2)cc1. The number of carbonyl (C=O) groups is 2. The highest BCUT2D eigenvalue weighted by Gasteiger charge is 2.04. The molecule has 2 aromatic rings. The second-order valence-electron chi connectivity index (χ2n) is 5.10. The molecular formula is C17H19N3O2. The van der Waals surface area contributed by atoms with Gasteiger partial charge in [0.25, 0.3) is 0 Å². The minimum Gasteiger partial charge on any atom is -0.350 e. The topological polar surface area (TPSA) is 71.1 Å². The summed E-state index contributed by atoms with van der Waals surface area (Å²) >= 11 is 0. The van der Waals surface area contributed by atoms with Gasteiger partial charge in [-0.05, 0) is 36.8 Å². The van der Waals surface area contributed by atoms with Gasteiger partial charge in [-0.3, -0.25) is 14.6 Å². The van der Waals surface area contributed by atoms with Crippen LogP contribution in [-0.4, -0.2) is 16.8 Å². The highest BCUT2D eigenvalue weighted by atomic mass is 16.2. The fourth-order valence-corrected chi connectivity index (χ4v) is 2.04. The zero-order valence-corrected chi connectivity index (χ0v) is 12.7. The lowest BCUT2D eigenvalue weighted by Crippen LogP contribution is -2.25. The van der Waals surface area contributed by atoms with E-state index in [0.717, 1.165) is 22.6 Å². The van der Waals surface area contributed by atoms with Crippen LogP contribution in [0.4, 0.5) is 5.69 Å². The summed E-state index contributed by atoms with van der Waals surface area (Å²) in [5.74, 6) is -0.174. The molecule has 114 valence electrons. The van der Waals surface area contributed by atoms with E-state index in [4.69, 9.17) is 0 Å². The molecule has 1 heterocycles. The quantitative estimate of drug-likeness (QED) is 0.889. The molecule has 0 spiro atoms. The Hall–Kier alpha value is -2.69. The van der Waals surface area contributed by atoms with Gasteiger partial charge in [-0.1, -0.05) is 18.2 Å². The fraction of sp³-hybridized carbons (Fsp3) is 0.235. The van der Waals surface area contributed by atoms with Gasteiger partial charge in [0.05, 0.1) is 18.7 Å². The minimum atomic E-state index is -0.115. The van der Waals surface area contributed by atoms with E-state index in [-0.39, 0.29) is 11.8 Å². The number of nitrogens with zero attached hydrogens (tertiary/aromatic N) is 1. The van der Waals surface area contributed by atoms with Crippen molar-refractivity contribution >= 4 is 17.5 Å². The normalized spacial score (nSPS) is 10.1. The Bertz CT molecular complexity index is 666. The van der Waals surface area contributed by atoms with Crippen LogP contribution in [0.5, 0.6) is 0 Å². The first-order chi connectivity index (χ1) is 10.5. The molecular weight excluding hydrogens is 278 g/mol. The third kappa shape index (κ3) is 5.01. The Morgan fingerprint density at radius 3 is 2.45 bits per heavy atom. The number of nitrogens with one attached hydrogen (secondary N) is 2. The zero-order valence-electron chi connectivity index (χ0n) is 12.7. The average molecular weight is 297 g/mol. The van der Waals surface area contributed by atoms with E-state index in [1.807, 2.05) is 37.3 Å². The highest BCUT2D eigenvalue weighted by molar-refractivity contribution is 5.88. The van der Waals surface area contributed by atoms with Gasteiger partial charge < -0.3 is 10.6 Å². The van der Waals surface area contributed by atoms with Crippen LogP contribution in [0.2, 0.25) is 0 Å². The summed E-state index contributed by atoms with van der Waals surface area (Å²) in [5, 5.41) is 5.54. The average Bonchev–Trinajstić information content (AvgIpc) is 2.47. The lowest BCUT2D eigenvalue weighted by molar-refractivity contribution is -0.120. The number of pyridine rings is 1. The van der Waals surface area contributed by atoms with Crippen LogP contribution in [-0.2, 0) is 22.6 Å². The summed E-state index contributed by atoms with van der Waals surface area (Å²) in [6, 6.07) is 13.0. The Balaban J connectivity index is 1.85. The number of rotatable bonds is 5. The summed E-state index contributed by atoms with van der Waals surface area (Å²) in [7, 11) is 0. The summed E-state index contributed by atoms with van der Waals surface area (Å²) in [4.78, 5) is 27.2. The maximum Gasteiger partial charge on any atom is 0.224 e. The minimum absolute atomic E-state index is 0.0596. The lowest BCUT2D eigenvalue weighted by Gasteiger charge is -2.07. The van der Waals surface area contributed by atoms with E-state index < -0.39 is 0 Å². The molecule has 5 nitrogen and oxygen atoms in total. The highest BCUT2D eigenvalue weighted by Crippen LogP contribution is 2.10. The molecule has 0 atom stereocenters. The van der Waals surface area contributed by atoms with Crippen molar-refractivity contribution in [1.82, 2.24) is 10.3 Å². The molecule has 0 unspecified atom stereocenters. The summed E-state index contributed by atoms with van der Waals surface area (Å²) in [5.41, 5.74) is 3.39. The molecule has 5 heteroatoms. The third-order valence-electron chi connectivity index (χ3n) is 3.05. The first-order valence-corrected chi connectivity index (χ1v) is 7.09. The predicted octanol–water partition coefficient (Wildman–Crippen LogP) is 2.21. The number of anilines is 1. The zero-order chi connectivity index (χ0) is 15.9. The van der Waals surface area contributed by atoms with Crippen molar-refractivity contribution < 1.29 is 9.59 Å². The van der Waals surface area contributed by atoms with Crippen LogP contribution in [0.3, 0.4) is 0 Å². The number of carbonyl (C=O) groups excluding carboxylic acids is 2. The maximum atomic E-state index is 11.9. The lowest BCUT2D eigenvalue weighted by atomic mass is 10.1. The van der Waals surface area contributed by atoms with Gasteiger partial charge in [-0.25, -0.2) is 0 Å². The van der Waals surface area contributed by atoms with Gasteiger partial charge in [0.1, 0.15) is 0 Å². The van der Waals surface area contributed by atoms with E-state index in [9.17, 15) is 9.59 Å².